The van der Waals surface area contributed by atoms with Crippen LogP contribution in [-0.4, -0.2) is 20.4 Å². The van der Waals surface area contributed by atoms with E-state index < -0.39 is 15.8 Å². The second-order valence-electron chi connectivity index (χ2n) is 2.63. The Labute approximate surface area is 95.9 Å². The average molecular weight is 295 g/mol. The van der Waals surface area contributed by atoms with Crippen molar-refractivity contribution in [1.82, 2.24) is 0 Å². The molecule has 1 aromatic rings. The number of hydrogen-bond donors (Lipinski definition) is 1. The van der Waals surface area contributed by atoms with E-state index in [1.807, 2.05) is 0 Å². The molecule has 0 heterocycles. The van der Waals surface area contributed by atoms with Gasteiger partial charge in [-0.1, -0.05) is 6.07 Å². The highest BCUT2D eigenvalue weighted by molar-refractivity contribution is 9.10. The molecule has 0 unspecified atom stereocenters. The molecule has 0 N–H and O–H groups in total. The largest absolute Gasteiger partial charge is 0.294 e. The zero-order chi connectivity index (χ0) is 11.6. The summed E-state index contributed by atoms with van der Waals surface area (Å²) < 4.78 is 22.7. The molecule has 1 rings (SSSR count). The second kappa shape index (κ2) is 4.58. The first-order chi connectivity index (χ1) is 6.95. The first kappa shape index (κ1) is 11.9. The third-order valence-corrected chi connectivity index (χ3v) is 3.06. The smallest absolute Gasteiger partial charge is 0.268 e. The van der Waals surface area contributed by atoms with Crippen molar-refractivity contribution >= 4 is 38.2 Å². The fourth-order valence-electron chi connectivity index (χ4n) is 1.05. The van der Waals surface area contributed by atoms with Gasteiger partial charge in [0.15, 0.2) is 0 Å². The summed E-state index contributed by atoms with van der Waals surface area (Å²) in [5, 5.41) is 10.7. The fraction of sp³-hybridized carbons (Fsp3) is 0.143. The molecule has 0 spiro atoms. The van der Waals surface area contributed by atoms with E-state index in [4.69, 9.17) is 0 Å². The Bertz CT molecular complexity index is 466. The van der Waals surface area contributed by atoms with Crippen LogP contribution >= 0.6 is 15.9 Å². The summed E-state index contributed by atoms with van der Waals surface area (Å²) in [7, 11) is -1.65. The Morgan fingerprint density at radius 1 is 1.47 bits per heavy atom. The van der Waals surface area contributed by atoms with Gasteiger partial charge in [0, 0.05) is 17.6 Å². The number of thiol groups is 1. The Morgan fingerprint density at radius 3 is 2.53 bits per heavy atom. The number of benzene rings is 1. The van der Waals surface area contributed by atoms with Gasteiger partial charge in [-0.25, -0.2) is 8.42 Å². The number of anilines is 1. The molecule has 8 heteroatoms. The summed E-state index contributed by atoms with van der Waals surface area (Å²) in [5.74, 6) is 0. The molecule has 0 saturated carbocycles. The summed E-state index contributed by atoms with van der Waals surface area (Å²) in [6.45, 7) is 0. The molecule has 1 aromatic carbocycles. The Hall–Kier alpha value is -1.15. The van der Waals surface area contributed by atoms with E-state index in [-0.39, 0.29) is 11.4 Å². The molecule has 0 amide bonds. The van der Waals surface area contributed by atoms with Gasteiger partial charge < -0.3 is 0 Å². The van der Waals surface area contributed by atoms with E-state index in [0.717, 1.165) is 4.31 Å². The van der Waals surface area contributed by atoms with Crippen LogP contribution in [0, 0.1) is 10.1 Å². The molecule has 0 fully saturated rings. The van der Waals surface area contributed by atoms with Gasteiger partial charge in [-0.05, 0) is 22.0 Å². The van der Waals surface area contributed by atoms with Crippen LogP contribution in [0.25, 0.3) is 0 Å². The van der Waals surface area contributed by atoms with Crippen LogP contribution in [-0.2, 0) is 10.9 Å². The topological polar surface area (TPSA) is 80.5 Å². The minimum absolute atomic E-state index is 0.0265. The summed E-state index contributed by atoms with van der Waals surface area (Å²) in [4.78, 5) is 10.0. The van der Waals surface area contributed by atoms with E-state index in [9.17, 15) is 18.5 Å². The first-order valence-electron chi connectivity index (χ1n) is 3.76. The Kier molecular flexibility index (Phi) is 3.64. The lowest BCUT2D eigenvalue weighted by Gasteiger charge is -2.12. The van der Waals surface area contributed by atoms with Crippen molar-refractivity contribution in [2.45, 2.75) is 0 Å². The normalized spacial score (nSPS) is 10.3. The number of hydrogen-bond acceptors (Lipinski definition) is 4. The minimum atomic E-state index is -2.90. The number of para-hydroxylation sites is 1. The SMILES string of the molecule is CN(c1c(Br)cccc1[N+](=O)[O-])[SH](=O)=O. The highest BCUT2D eigenvalue weighted by Crippen LogP contribution is 2.34. The van der Waals surface area contributed by atoms with Gasteiger partial charge in [-0.2, -0.15) is 0 Å². The number of nitro groups is 1. The van der Waals surface area contributed by atoms with Crippen molar-refractivity contribution in [2.24, 2.45) is 0 Å². The highest BCUT2D eigenvalue weighted by atomic mass is 79.9. The summed E-state index contributed by atoms with van der Waals surface area (Å²) >= 11 is 3.07. The lowest BCUT2D eigenvalue weighted by molar-refractivity contribution is -0.384. The molecule has 0 bridgehead atoms. The van der Waals surface area contributed by atoms with Crippen LogP contribution in [0.5, 0.6) is 0 Å². The van der Waals surface area contributed by atoms with Gasteiger partial charge in [-0.15, -0.1) is 0 Å². The minimum Gasteiger partial charge on any atom is -0.268 e. The van der Waals surface area contributed by atoms with E-state index in [1.165, 1.54) is 25.2 Å². The third kappa shape index (κ3) is 2.45. The molecular weight excluding hydrogens is 288 g/mol. The lowest BCUT2D eigenvalue weighted by Crippen LogP contribution is -2.16. The van der Waals surface area contributed by atoms with E-state index in [0.29, 0.717) is 4.47 Å². The van der Waals surface area contributed by atoms with Crippen molar-refractivity contribution < 1.29 is 13.3 Å². The molecule has 15 heavy (non-hydrogen) atoms. The molecule has 0 aromatic heterocycles. The maximum atomic E-state index is 10.7. The van der Waals surface area contributed by atoms with Crippen molar-refractivity contribution in [3.05, 3.63) is 32.8 Å². The highest BCUT2D eigenvalue weighted by Gasteiger charge is 2.20. The number of rotatable bonds is 3. The van der Waals surface area contributed by atoms with Crippen LogP contribution in [0.2, 0.25) is 0 Å². The summed E-state index contributed by atoms with van der Waals surface area (Å²) in [5.41, 5.74) is -0.232. The van der Waals surface area contributed by atoms with E-state index in [1.54, 1.807) is 0 Å². The molecule has 0 aliphatic heterocycles. The predicted octanol–water partition coefficient (Wildman–Crippen LogP) is 1.32. The second-order valence-corrected chi connectivity index (χ2v) is 4.56. The van der Waals surface area contributed by atoms with Gasteiger partial charge in [-0.3, -0.25) is 14.4 Å². The van der Waals surface area contributed by atoms with E-state index >= 15 is 0 Å². The Morgan fingerprint density at radius 2 is 2.07 bits per heavy atom. The lowest BCUT2D eigenvalue weighted by atomic mass is 10.3. The number of nitrogens with zero attached hydrogens (tertiary/aromatic N) is 2. The summed E-state index contributed by atoms with van der Waals surface area (Å²) in [6, 6.07) is 4.25. The maximum absolute atomic E-state index is 10.7. The number of nitro benzene ring substituents is 1. The van der Waals surface area contributed by atoms with Crippen molar-refractivity contribution in [2.75, 3.05) is 11.4 Å². The molecule has 0 aliphatic rings. The van der Waals surface area contributed by atoms with Crippen LogP contribution < -0.4 is 4.31 Å². The third-order valence-electron chi connectivity index (χ3n) is 1.73. The fourth-order valence-corrected chi connectivity index (χ4v) is 2.19. The molecule has 82 valence electrons. The molecule has 6 nitrogen and oxygen atoms in total. The van der Waals surface area contributed by atoms with Gasteiger partial charge >= 0.3 is 0 Å². The van der Waals surface area contributed by atoms with Gasteiger partial charge in [0.1, 0.15) is 5.69 Å². The zero-order valence-corrected chi connectivity index (χ0v) is 10.1. The molecule has 0 radical (unpaired) electrons. The molecular formula is C7H7BrN2O4S. The molecule has 0 atom stereocenters. The standard InChI is InChI=1S/C7H7BrN2O4S/c1-9(15(13)14)7-5(8)3-2-4-6(7)10(11)12/h2-4,15H,1H3. The first-order valence-corrected chi connectivity index (χ1v) is 5.68. The maximum Gasteiger partial charge on any atom is 0.294 e. The van der Waals surface area contributed by atoms with E-state index in [2.05, 4.69) is 15.9 Å². The monoisotopic (exact) mass is 294 g/mol. The summed E-state index contributed by atoms with van der Waals surface area (Å²) in [6.07, 6.45) is 0. The molecule has 0 aliphatic carbocycles. The Balaban J connectivity index is 3.43. The van der Waals surface area contributed by atoms with Crippen molar-refractivity contribution in [3.63, 3.8) is 0 Å². The van der Waals surface area contributed by atoms with Crippen LogP contribution in [0.3, 0.4) is 0 Å². The number of halogens is 1. The zero-order valence-electron chi connectivity index (χ0n) is 7.58. The van der Waals surface area contributed by atoms with Gasteiger partial charge in [0.05, 0.1) is 4.92 Å². The van der Waals surface area contributed by atoms with Crippen LogP contribution in [0.15, 0.2) is 22.7 Å². The molecule has 0 saturated heterocycles. The van der Waals surface area contributed by atoms with Gasteiger partial charge in [0.2, 0.25) is 10.9 Å². The van der Waals surface area contributed by atoms with Crippen LogP contribution in [0.1, 0.15) is 0 Å². The van der Waals surface area contributed by atoms with Gasteiger partial charge in [0.25, 0.3) is 5.69 Å². The average Bonchev–Trinajstić information content (AvgIpc) is 2.16. The quantitative estimate of drug-likeness (QED) is 0.518. The van der Waals surface area contributed by atoms with Crippen LogP contribution in [0.4, 0.5) is 11.4 Å². The predicted molar refractivity (Wildman–Crippen MR) is 59.5 cm³/mol. The van der Waals surface area contributed by atoms with Crippen molar-refractivity contribution in [3.8, 4) is 0 Å². The van der Waals surface area contributed by atoms with Crippen molar-refractivity contribution in [1.29, 1.82) is 0 Å².